The molecule has 4 heterocycles. The SMILES string of the molecule is COc1cc2c(cc1CN1CCC[C@H](c3cccc(Nc4cnccn4)n3)C1)OCCO2. The van der Waals surface area contributed by atoms with Crippen LogP contribution in [0.1, 0.15) is 30.0 Å². The molecule has 0 aliphatic carbocycles. The fraction of sp³-hybridized carbons (Fsp3) is 0.375. The maximum atomic E-state index is 5.78. The van der Waals surface area contributed by atoms with Crippen molar-refractivity contribution in [3.8, 4) is 17.2 Å². The van der Waals surface area contributed by atoms with Crippen molar-refractivity contribution in [2.24, 2.45) is 0 Å². The van der Waals surface area contributed by atoms with Crippen LogP contribution in [0.4, 0.5) is 11.6 Å². The van der Waals surface area contributed by atoms with E-state index >= 15 is 0 Å². The third-order valence-corrected chi connectivity index (χ3v) is 5.85. The summed E-state index contributed by atoms with van der Waals surface area (Å²) in [6.45, 7) is 3.94. The summed E-state index contributed by atoms with van der Waals surface area (Å²) in [5.74, 6) is 4.23. The van der Waals surface area contributed by atoms with E-state index in [9.17, 15) is 0 Å². The zero-order valence-corrected chi connectivity index (χ0v) is 18.2. The average molecular weight is 434 g/mol. The third-order valence-electron chi connectivity index (χ3n) is 5.85. The van der Waals surface area contributed by atoms with E-state index in [1.165, 1.54) is 0 Å². The lowest BCUT2D eigenvalue weighted by Crippen LogP contribution is -2.34. The number of benzene rings is 1. The lowest BCUT2D eigenvalue weighted by Gasteiger charge is -2.33. The second-order valence-corrected chi connectivity index (χ2v) is 8.05. The van der Waals surface area contributed by atoms with E-state index in [2.05, 4.69) is 32.3 Å². The quantitative estimate of drug-likeness (QED) is 0.629. The molecule has 8 heteroatoms. The molecule has 1 aromatic carbocycles. The number of nitrogens with one attached hydrogen (secondary N) is 1. The van der Waals surface area contributed by atoms with Gasteiger partial charge in [0.05, 0.1) is 13.3 Å². The maximum absolute atomic E-state index is 5.78. The van der Waals surface area contributed by atoms with Crippen molar-refractivity contribution in [3.63, 3.8) is 0 Å². The second kappa shape index (κ2) is 9.40. The van der Waals surface area contributed by atoms with Crippen LogP contribution in [-0.2, 0) is 6.54 Å². The van der Waals surface area contributed by atoms with Gasteiger partial charge in [-0.3, -0.25) is 9.88 Å². The van der Waals surface area contributed by atoms with Crippen molar-refractivity contribution in [1.82, 2.24) is 19.9 Å². The molecule has 2 aliphatic rings. The van der Waals surface area contributed by atoms with E-state index in [1.807, 2.05) is 18.2 Å². The Kier molecular flexibility index (Phi) is 6.02. The van der Waals surface area contributed by atoms with Gasteiger partial charge in [0.1, 0.15) is 30.6 Å². The van der Waals surface area contributed by atoms with Crippen LogP contribution in [0.5, 0.6) is 17.2 Å². The molecule has 166 valence electrons. The first-order chi connectivity index (χ1) is 15.8. The van der Waals surface area contributed by atoms with Crippen LogP contribution in [0.15, 0.2) is 48.9 Å². The van der Waals surface area contributed by atoms with Gasteiger partial charge in [0.15, 0.2) is 11.5 Å². The van der Waals surface area contributed by atoms with Crippen molar-refractivity contribution < 1.29 is 14.2 Å². The number of pyridine rings is 1. The van der Waals surface area contributed by atoms with E-state index in [0.717, 1.165) is 66.8 Å². The van der Waals surface area contributed by atoms with E-state index in [1.54, 1.807) is 25.7 Å². The number of ether oxygens (including phenoxy) is 3. The topological polar surface area (TPSA) is 81.6 Å². The minimum atomic E-state index is 0.371. The molecule has 1 atom stereocenters. The van der Waals surface area contributed by atoms with Crippen molar-refractivity contribution in [1.29, 1.82) is 0 Å². The summed E-state index contributed by atoms with van der Waals surface area (Å²) < 4.78 is 17.1. The summed E-state index contributed by atoms with van der Waals surface area (Å²) in [6.07, 6.45) is 7.26. The highest BCUT2D eigenvalue weighted by Crippen LogP contribution is 2.38. The van der Waals surface area contributed by atoms with Gasteiger partial charge < -0.3 is 19.5 Å². The van der Waals surface area contributed by atoms with Gasteiger partial charge in [-0.15, -0.1) is 0 Å². The van der Waals surface area contributed by atoms with Crippen molar-refractivity contribution >= 4 is 11.6 Å². The molecule has 1 fully saturated rings. The van der Waals surface area contributed by atoms with Crippen LogP contribution in [0.3, 0.4) is 0 Å². The van der Waals surface area contributed by atoms with Gasteiger partial charge >= 0.3 is 0 Å². The van der Waals surface area contributed by atoms with Crippen LogP contribution in [0.25, 0.3) is 0 Å². The lowest BCUT2D eigenvalue weighted by atomic mass is 9.94. The van der Waals surface area contributed by atoms with Crippen molar-refractivity contribution in [2.75, 3.05) is 38.7 Å². The Balaban J connectivity index is 1.30. The summed E-state index contributed by atoms with van der Waals surface area (Å²) in [4.78, 5) is 15.7. The second-order valence-electron chi connectivity index (χ2n) is 8.05. The predicted molar refractivity (Wildman–Crippen MR) is 121 cm³/mol. The van der Waals surface area contributed by atoms with Gasteiger partial charge in [0.2, 0.25) is 0 Å². The van der Waals surface area contributed by atoms with E-state index in [0.29, 0.717) is 24.9 Å². The number of fused-ring (bicyclic) bond motifs is 1. The minimum Gasteiger partial charge on any atom is -0.496 e. The van der Waals surface area contributed by atoms with Crippen molar-refractivity contribution in [2.45, 2.75) is 25.3 Å². The molecular weight excluding hydrogens is 406 g/mol. The maximum Gasteiger partial charge on any atom is 0.165 e. The molecule has 2 aromatic heterocycles. The minimum absolute atomic E-state index is 0.371. The highest BCUT2D eigenvalue weighted by Gasteiger charge is 2.25. The van der Waals surface area contributed by atoms with Gasteiger partial charge in [-0.2, -0.15) is 0 Å². The van der Waals surface area contributed by atoms with Crippen LogP contribution >= 0.6 is 0 Å². The highest BCUT2D eigenvalue weighted by atomic mass is 16.6. The fourth-order valence-electron chi connectivity index (χ4n) is 4.35. The van der Waals surface area contributed by atoms with E-state index in [-0.39, 0.29) is 0 Å². The fourth-order valence-corrected chi connectivity index (χ4v) is 4.35. The molecule has 0 amide bonds. The Labute approximate surface area is 187 Å². The summed E-state index contributed by atoms with van der Waals surface area (Å²) in [7, 11) is 1.70. The normalized spacial score (nSPS) is 18.2. The summed E-state index contributed by atoms with van der Waals surface area (Å²) in [6, 6.07) is 10.1. The molecule has 32 heavy (non-hydrogen) atoms. The molecule has 2 aliphatic heterocycles. The molecule has 1 N–H and O–H groups in total. The molecule has 0 spiro atoms. The van der Waals surface area contributed by atoms with Crippen LogP contribution in [0, 0.1) is 0 Å². The molecule has 1 saturated heterocycles. The van der Waals surface area contributed by atoms with Gasteiger partial charge in [0.25, 0.3) is 0 Å². The number of hydrogen-bond donors (Lipinski definition) is 1. The molecule has 3 aromatic rings. The Morgan fingerprint density at radius 3 is 2.81 bits per heavy atom. The molecule has 0 radical (unpaired) electrons. The molecule has 0 saturated carbocycles. The molecule has 0 unspecified atom stereocenters. The number of nitrogens with zero attached hydrogens (tertiary/aromatic N) is 4. The number of rotatable bonds is 6. The Hall–Kier alpha value is -3.39. The number of methoxy groups -OCH3 is 1. The Morgan fingerprint density at radius 2 is 2.00 bits per heavy atom. The largest absolute Gasteiger partial charge is 0.496 e. The molecule has 0 bridgehead atoms. The lowest BCUT2D eigenvalue weighted by molar-refractivity contribution is 0.168. The molecule has 8 nitrogen and oxygen atoms in total. The Morgan fingerprint density at radius 1 is 1.12 bits per heavy atom. The van der Waals surface area contributed by atoms with Gasteiger partial charge in [-0.05, 0) is 37.6 Å². The number of hydrogen-bond acceptors (Lipinski definition) is 8. The molecular formula is C24H27N5O3. The summed E-state index contributed by atoms with van der Waals surface area (Å²) in [5.41, 5.74) is 2.21. The zero-order chi connectivity index (χ0) is 21.8. The first-order valence-electron chi connectivity index (χ1n) is 11.0. The van der Waals surface area contributed by atoms with Crippen LogP contribution in [0.2, 0.25) is 0 Å². The molecule has 5 rings (SSSR count). The summed E-state index contributed by atoms with van der Waals surface area (Å²) >= 11 is 0. The monoisotopic (exact) mass is 433 g/mol. The number of piperidine rings is 1. The first kappa shape index (κ1) is 20.5. The first-order valence-corrected chi connectivity index (χ1v) is 11.0. The predicted octanol–water partition coefficient (Wildman–Crippen LogP) is 3.77. The van der Waals surface area contributed by atoms with E-state index < -0.39 is 0 Å². The average Bonchev–Trinajstić information content (AvgIpc) is 2.84. The number of anilines is 2. The van der Waals surface area contributed by atoms with Gasteiger partial charge in [-0.25, -0.2) is 9.97 Å². The third kappa shape index (κ3) is 4.60. The van der Waals surface area contributed by atoms with Crippen LogP contribution in [-0.4, -0.2) is 53.3 Å². The van der Waals surface area contributed by atoms with Crippen LogP contribution < -0.4 is 19.5 Å². The zero-order valence-electron chi connectivity index (χ0n) is 18.2. The standard InChI is InChI=1S/C24H27N5O3/c1-30-20-13-22-21(31-10-11-32-22)12-18(20)16-29-9-3-4-17(15-29)19-5-2-6-23(27-19)28-24-14-25-7-8-26-24/h2,5-8,12-14,17H,3-4,9-11,15-16H2,1H3,(H,26,27,28)/t17-/m0/s1. The highest BCUT2D eigenvalue weighted by molar-refractivity contribution is 5.52. The van der Waals surface area contributed by atoms with E-state index in [4.69, 9.17) is 19.2 Å². The summed E-state index contributed by atoms with van der Waals surface area (Å²) in [5, 5.41) is 3.24. The number of likely N-dealkylation sites (tertiary alicyclic amines) is 1. The van der Waals surface area contributed by atoms with Crippen molar-refractivity contribution in [3.05, 3.63) is 60.2 Å². The van der Waals surface area contributed by atoms with Gasteiger partial charge in [-0.1, -0.05) is 6.07 Å². The van der Waals surface area contributed by atoms with Gasteiger partial charge in [0, 0.05) is 48.7 Å². The Bertz CT molecular complexity index is 1060. The number of aromatic nitrogens is 3. The smallest absolute Gasteiger partial charge is 0.165 e.